The Bertz CT molecular complexity index is 1380. The molecule has 0 saturated carbocycles. The maximum Gasteiger partial charge on any atom is 0.416 e. The van der Waals surface area contributed by atoms with Crippen LogP contribution in [0.3, 0.4) is 0 Å². The molecule has 3 atom stereocenters. The van der Waals surface area contributed by atoms with Gasteiger partial charge in [-0.3, -0.25) is 4.55 Å². The van der Waals surface area contributed by atoms with Crippen molar-refractivity contribution in [3.8, 4) is 0 Å². The number of alkyl halides is 6. The van der Waals surface area contributed by atoms with E-state index in [4.69, 9.17) is 14.0 Å². The predicted octanol–water partition coefficient (Wildman–Crippen LogP) is 6.87. The Morgan fingerprint density at radius 2 is 1.46 bits per heavy atom. The molecule has 0 amide bonds. The van der Waals surface area contributed by atoms with Gasteiger partial charge in [-0.15, -0.1) is 0 Å². The Hall–Kier alpha value is -3.04. The Kier molecular flexibility index (Phi) is 10.2. The predicted molar refractivity (Wildman–Crippen MR) is 134 cm³/mol. The second kappa shape index (κ2) is 12.9. The van der Waals surface area contributed by atoms with E-state index in [1.165, 1.54) is 43.3 Å². The van der Waals surface area contributed by atoms with Crippen LogP contribution in [0.4, 0.5) is 30.7 Å². The van der Waals surface area contributed by atoms with E-state index in [-0.39, 0.29) is 23.1 Å². The van der Waals surface area contributed by atoms with Gasteiger partial charge in [0.2, 0.25) is 0 Å². The van der Waals surface area contributed by atoms with Crippen LogP contribution >= 0.6 is 0 Å². The molecule has 2 N–H and O–H groups in total. The minimum Gasteiger partial charge on any atom is -0.349 e. The monoisotopic (exact) mass is 609 g/mol. The minimum atomic E-state index is -4.95. The largest absolute Gasteiger partial charge is 0.416 e. The first-order chi connectivity index (χ1) is 18.9. The molecule has 1 fully saturated rings. The van der Waals surface area contributed by atoms with E-state index in [2.05, 4.69) is 5.32 Å². The summed E-state index contributed by atoms with van der Waals surface area (Å²) in [6, 6.07) is 12.2. The molecular formula is C27H26F7NO5S. The summed E-state index contributed by atoms with van der Waals surface area (Å²) in [7, 11) is -4.02. The van der Waals surface area contributed by atoms with Gasteiger partial charge in [-0.25, -0.2) is 4.39 Å². The van der Waals surface area contributed by atoms with Crippen LogP contribution in [0.15, 0.2) is 71.6 Å². The quantitative estimate of drug-likeness (QED) is 0.243. The van der Waals surface area contributed by atoms with E-state index in [9.17, 15) is 39.2 Å². The first-order valence-corrected chi connectivity index (χ1v) is 13.5. The summed E-state index contributed by atoms with van der Waals surface area (Å²) < 4.78 is 133. The molecule has 1 saturated heterocycles. The van der Waals surface area contributed by atoms with Gasteiger partial charge in [-0.1, -0.05) is 29.8 Å². The summed E-state index contributed by atoms with van der Waals surface area (Å²) in [5.41, 5.74) is -1.56. The maximum absolute atomic E-state index is 13.2. The summed E-state index contributed by atoms with van der Waals surface area (Å²) in [5.74, 6) is -0.454. The highest BCUT2D eigenvalue weighted by Crippen LogP contribution is 2.38. The number of hydrogen-bond acceptors (Lipinski definition) is 5. The Labute approximate surface area is 231 Å². The first-order valence-electron chi connectivity index (χ1n) is 12.0. The van der Waals surface area contributed by atoms with Crippen LogP contribution < -0.4 is 5.32 Å². The summed E-state index contributed by atoms with van der Waals surface area (Å²) in [6.45, 7) is 3.85. The van der Waals surface area contributed by atoms with E-state index < -0.39 is 57.9 Å². The average Bonchev–Trinajstić information content (AvgIpc) is 2.88. The normalized spacial score (nSPS) is 18.8. The molecule has 3 aromatic rings. The molecule has 3 aromatic carbocycles. The lowest BCUT2D eigenvalue weighted by Crippen LogP contribution is -2.43. The SMILES string of the molecule is C[C@@H](O[C@@H]1OCCN[C@H]1c1ccc(F)cc1)c1cc(C(F)(F)F)cc(C(F)(F)F)c1.Cc1ccc(S(=O)(=O)O)cc1. The van der Waals surface area contributed by atoms with E-state index in [0.717, 1.165) is 5.56 Å². The Balaban J connectivity index is 0.000000352. The zero-order valence-corrected chi connectivity index (χ0v) is 22.4. The zero-order chi connectivity index (χ0) is 30.6. The van der Waals surface area contributed by atoms with Crippen molar-refractivity contribution in [1.29, 1.82) is 0 Å². The van der Waals surface area contributed by atoms with Gasteiger partial charge >= 0.3 is 12.4 Å². The van der Waals surface area contributed by atoms with Crippen LogP contribution in [-0.4, -0.2) is 32.4 Å². The third-order valence-corrected chi connectivity index (χ3v) is 6.85. The summed E-state index contributed by atoms with van der Waals surface area (Å²) in [6.07, 6.45) is -12.0. The second-order valence-electron chi connectivity index (χ2n) is 9.13. The Morgan fingerprint density at radius 1 is 0.927 bits per heavy atom. The van der Waals surface area contributed by atoms with Crippen LogP contribution in [0, 0.1) is 12.7 Å². The Morgan fingerprint density at radius 3 is 1.95 bits per heavy atom. The molecule has 14 heteroatoms. The number of halogens is 7. The van der Waals surface area contributed by atoms with Crippen molar-refractivity contribution in [3.05, 3.63) is 100 Å². The van der Waals surface area contributed by atoms with E-state index in [1.54, 1.807) is 12.1 Å². The lowest BCUT2D eigenvalue weighted by molar-refractivity contribution is -0.200. The average molecular weight is 610 g/mol. The van der Waals surface area contributed by atoms with Crippen molar-refractivity contribution in [1.82, 2.24) is 5.32 Å². The number of benzene rings is 3. The maximum atomic E-state index is 13.2. The van der Waals surface area contributed by atoms with Crippen LogP contribution in [0.25, 0.3) is 0 Å². The van der Waals surface area contributed by atoms with Gasteiger partial charge in [0.15, 0.2) is 6.29 Å². The van der Waals surface area contributed by atoms with Crippen molar-refractivity contribution in [2.75, 3.05) is 13.2 Å². The number of hydrogen-bond donors (Lipinski definition) is 2. The highest BCUT2D eigenvalue weighted by molar-refractivity contribution is 7.85. The van der Waals surface area contributed by atoms with Crippen molar-refractivity contribution in [3.63, 3.8) is 0 Å². The van der Waals surface area contributed by atoms with Crippen molar-refractivity contribution < 1.29 is 53.2 Å². The lowest BCUT2D eigenvalue weighted by atomic mass is 10.0. The summed E-state index contributed by atoms with van der Waals surface area (Å²) in [4.78, 5) is -0.0666. The highest BCUT2D eigenvalue weighted by Gasteiger charge is 2.38. The zero-order valence-electron chi connectivity index (χ0n) is 21.6. The smallest absolute Gasteiger partial charge is 0.349 e. The lowest BCUT2D eigenvalue weighted by Gasteiger charge is -2.34. The molecule has 0 aromatic heterocycles. The third kappa shape index (κ3) is 9.23. The molecule has 0 radical (unpaired) electrons. The first kappa shape index (κ1) is 32.5. The molecule has 0 unspecified atom stereocenters. The fourth-order valence-corrected chi connectivity index (χ4v) is 4.33. The van der Waals surface area contributed by atoms with Crippen LogP contribution in [0.2, 0.25) is 0 Å². The molecule has 1 aliphatic rings. The fourth-order valence-electron chi connectivity index (χ4n) is 3.85. The number of ether oxygens (including phenoxy) is 2. The van der Waals surface area contributed by atoms with E-state index in [0.29, 0.717) is 24.2 Å². The molecular weight excluding hydrogens is 583 g/mol. The third-order valence-electron chi connectivity index (χ3n) is 5.99. The number of nitrogens with one attached hydrogen (secondary N) is 1. The number of aryl methyl sites for hydroxylation is 1. The summed E-state index contributed by atoms with van der Waals surface area (Å²) >= 11 is 0. The van der Waals surface area contributed by atoms with Gasteiger partial charge in [0, 0.05) is 6.54 Å². The molecule has 6 nitrogen and oxygen atoms in total. The van der Waals surface area contributed by atoms with Gasteiger partial charge in [0.25, 0.3) is 10.1 Å². The van der Waals surface area contributed by atoms with Crippen molar-refractivity contribution in [2.45, 2.75) is 49.5 Å². The van der Waals surface area contributed by atoms with Crippen molar-refractivity contribution in [2.24, 2.45) is 0 Å². The van der Waals surface area contributed by atoms with E-state index in [1.807, 2.05) is 6.92 Å². The van der Waals surface area contributed by atoms with Crippen molar-refractivity contribution >= 4 is 10.1 Å². The topological polar surface area (TPSA) is 84.9 Å². The van der Waals surface area contributed by atoms with Gasteiger partial charge in [0.05, 0.1) is 34.8 Å². The summed E-state index contributed by atoms with van der Waals surface area (Å²) in [5, 5.41) is 3.10. The van der Waals surface area contributed by atoms with Gasteiger partial charge in [0.1, 0.15) is 5.82 Å². The molecule has 0 spiro atoms. The van der Waals surface area contributed by atoms with E-state index >= 15 is 0 Å². The molecule has 1 heterocycles. The fraction of sp³-hybridized carbons (Fsp3) is 0.333. The minimum absolute atomic E-state index is 0.0657. The molecule has 41 heavy (non-hydrogen) atoms. The highest BCUT2D eigenvalue weighted by atomic mass is 32.2. The van der Waals surface area contributed by atoms with Gasteiger partial charge < -0.3 is 14.8 Å². The molecule has 4 rings (SSSR count). The van der Waals surface area contributed by atoms with Crippen LogP contribution in [0.5, 0.6) is 0 Å². The number of rotatable bonds is 5. The van der Waals surface area contributed by atoms with Crippen LogP contribution in [0.1, 0.15) is 46.9 Å². The van der Waals surface area contributed by atoms with Crippen LogP contribution in [-0.2, 0) is 31.9 Å². The van der Waals surface area contributed by atoms with Gasteiger partial charge in [-0.05, 0) is 67.4 Å². The second-order valence-corrected chi connectivity index (χ2v) is 10.5. The number of morpholine rings is 1. The molecule has 224 valence electrons. The molecule has 1 aliphatic heterocycles. The van der Waals surface area contributed by atoms with Gasteiger partial charge in [-0.2, -0.15) is 34.8 Å². The molecule has 0 aliphatic carbocycles. The standard InChI is InChI=1S/C20H18F7NO2.C7H8O3S/c1-11(13-8-14(19(22,23)24)10-15(9-13)20(25,26)27)30-18-17(28-6-7-29-18)12-2-4-16(21)5-3-12;1-6-2-4-7(5-3-6)11(8,9)10/h2-5,8-11,17-18,28H,6-7H2,1H3;2-5H,1H3,(H,8,9,10)/t11-,17+,18+;/m1./s1. The molecule has 0 bridgehead atoms.